The minimum absolute atomic E-state index is 0.146. The minimum atomic E-state index is -0.146. The second-order valence-corrected chi connectivity index (χ2v) is 6.07. The largest absolute Gasteiger partial charge is 0.334 e. The summed E-state index contributed by atoms with van der Waals surface area (Å²) in [5.41, 5.74) is 1.31. The summed E-state index contributed by atoms with van der Waals surface area (Å²) in [6.45, 7) is 6.02. The summed E-state index contributed by atoms with van der Waals surface area (Å²) in [6.07, 6.45) is 2.65. The molecular formula is C17H24N6O. The standard InChI is InChI=1S/C17H24N6O/c1-2-23-13-19-21-16(23)10-18-17(24)20-15-8-9-22(12-15)11-14-6-4-3-5-7-14/h3-7,13,15H,2,8-12H2,1H3,(H2,18,20,24)/t15-/m1/s1. The highest BCUT2D eigenvalue weighted by molar-refractivity contribution is 5.74. The molecule has 1 fully saturated rings. The van der Waals surface area contributed by atoms with E-state index in [1.807, 2.05) is 17.6 Å². The number of hydrogen-bond donors (Lipinski definition) is 2. The van der Waals surface area contributed by atoms with Gasteiger partial charge in [0, 0.05) is 32.2 Å². The van der Waals surface area contributed by atoms with E-state index in [1.54, 1.807) is 6.33 Å². The molecule has 128 valence electrons. The van der Waals surface area contributed by atoms with Crippen LogP contribution in [0.2, 0.25) is 0 Å². The van der Waals surface area contributed by atoms with E-state index in [0.717, 1.165) is 38.4 Å². The molecule has 7 heteroatoms. The van der Waals surface area contributed by atoms with Gasteiger partial charge in [0.15, 0.2) is 5.82 Å². The average Bonchev–Trinajstić information content (AvgIpc) is 3.23. The molecule has 1 aromatic carbocycles. The Balaban J connectivity index is 1.41. The number of nitrogens with one attached hydrogen (secondary N) is 2. The van der Waals surface area contributed by atoms with Gasteiger partial charge in [-0.25, -0.2) is 4.79 Å². The first kappa shape index (κ1) is 16.4. The van der Waals surface area contributed by atoms with Crippen LogP contribution in [-0.4, -0.2) is 44.8 Å². The van der Waals surface area contributed by atoms with Crippen LogP contribution < -0.4 is 10.6 Å². The van der Waals surface area contributed by atoms with E-state index in [0.29, 0.717) is 6.54 Å². The van der Waals surface area contributed by atoms with Crippen LogP contribution in [0, 0.1) is 0 Å². The van der Waals surface area contributed by atoms with Gasteiger partial charge in [-0.15, -0.1) is 10.2 Å². The molecule has 1 saturated heterocycles. The second kappa shape index (κ2) is 7.92. The number of aryl methyl sites for hydroxylation is 1. The third-order valence-corrected chi connectivity index (χ3v) is 4.30. The van der Waals surface area contributed by atoms with Gasteiger partial charge >= 0.3 is 6.03 Å². The Morgan fingerprint density at radius 2 is 2.17 bits per heavy atom. The van der Waals surface area contributed by atoms with Crippen LogP contribution in [0.25, 0.3) is 0 Å². The summed E-state index contributed by atoms with van der Waals surface area (Å²) < 4.78 is 1.91. The first-order chi connectivity index (χ1) is 11.7. The van der Waals surface area contributed by atoms with Crippen LogP contribution in [0.15, 0.2) is 36.7 Å². The lowest BCUT2D eigenvalue weighted by molar-refractivity contribution is 0.235. The SMILES string of the molecule is CCn1cnnc1CNC(=O)N[C@@H]1CCN(Cc2ccccc2)C1. The van der Waals surface area contributed by atoms with E-state index in [9.17, 15) is 4.79 Å². The molecule has 0 radical (unpaired) electrons. The Bertz CT molecular complexity index is 656. The van der Waals surface area contributed by atoms with E-state index in [2.05, 4.69) is 50.0 Å². The van der Waals surface area contributed by atoms with Crippen LogP contribution in [0.3, 0.4) is 0 Å². The van der Waals surface area contributed by atoms with E-state index in [4.69, 9.17) is 0 Å². The van der Waals surface area contributed by atoms with Gasteiger partial charge in [0.25, 0.3) is 0 Å². The Morgan fingerprint density at radius 3 is 2.96 bits per heavy atom. The molecule has 0 bridgehead atoms. The molecular weight excluding hydrogens is 304 g/mol. The zero-order chi connectivity index (χ0) is 16.8. The van der Waals surface area contributed by atoms with Crippen molar-refractivity contribution < 1.29 is 4.79 Å². The molecule has 1 atom stereocenters. The third kappa shape index (κ3) is 4.32. The van der Waals surface area contributed by atoms with Crippen molar-refractivity contribution in [2.45, 2.75) is 39.0 Å². The van der Waals surface area contributed by atoms with Crippen molar-refractivity contribution in [1.29, 1.82) is 0 Å². The number of amides is 2. The highest BCUT2D eigenvalue weighted by Gasteiger charge is 2.23. The Kier molecular flexibility index (Phi) is 5.43. The van der Waals surface area contributed by atoms with Crippen LogP contribution >= 0.6 is 0 Å². The van der Waals surface area contributed by atoms with Crippen LogP contribution in [0.5, 0.6) is 0 Å². The fourth-order valence-electron chi connectivity index (χ4n) is 3.01. The number of carbonyl (C=O) groups excluding carboxylic acids is 1. The third-order valence-electron chi connectivity index (χ3n) is 4.30. The fraction of sp³-hybridized carbons (Fsp3) is 0.471. The zero-order valence-corrected chi connectivity index (χ0v) is 14.0. The summed E-state index contributed by atoms with van der Waals surface area (Å²) in [4.78, 5) is 14.4. The highest BCUT2D eigenvalue weighted by atomic mass is 16.2. The maximum atomic E-state index is 12.1. The molecule has 7 nitrogen and oxygen atoms in total. The maximum Gasteiger partial charge on any atom is 0.315 e. The normalized spacial score (nSPS) is 17.8. The zero-order valence-electron chi connectivity index (χ0n) is 14.0. The van der Waals surface area contributed by atoms with Crippen LogP contribution in [0.4, 0.5) is 4.79 Å². The topological polar surface area (TPSA) is 75.1 Å². The number of likely N-dealkylation sites (tertiary alicyclic amines) is 1. The quantitative estimate of drug-likeness (QED) is 0.840. The molecule has 0 saturated carbocycles. The molecule has 0 spiro atoms. The van der Waals surface area contributed by atoms with Gasteiger partial charge in [-0.1, -0.05) is 30.3 Å². The predicted molar refractivity (Wildman–Crippen MR) is 91.2 cm³/mol. The van der Waals surface area contributed by atoms with Crippen molar-refractivity contribution in [3.63, 3.8) is 0 Å². The van der Waals surface area contributed by atoms with E-state index >= 15 is 0 Å². The lowest BCUT2D eigenvalue weighted by atomic mass is 10.2. The number of hydrogen-bond acceptors (Lipinski definition) is 4. The number of rotatable bonds is 6. The number of aromatic nitrogens is 3. The van der Waals surface area contributed by atoms with Gasteiger partial charge < -0.3 is 15.2 Å². The summed E-state index contributed by atoms with van der Waals surface area (Å²) in [7, 11) is 0. The van der Waals surface area contributed by atoms with E-state index in [-0.39, 0.29) is 12.1 Å². The molecule has 0 aliphatic carbocycles. The maximum absolute atomic E-state index is 12.1. The van der Waals surface area contributed by atoms with Gasteiger partial charge in [-0.2, -0.15) is 0 Å². The molecule has 2 amide bonds. The predicted octanol–water partition coefficient (Wildman–Crippen LogP) is 1.37. The highest BCUT2D eigenvalue weighted by Crippen LogP contribution is 2.13. The Hall–Kier alpha value is -2.41. The van der Waals surface area contributed by atoms with E-state index < -0.39 is 0 Å². The fourth-order valence-corrected chi connectivity index (χ4v) is 3.01. The van der Waals surface area contributed by atoms with Crippen LogP contribution in [0.1, 0.15) is 24.7 Å². The van der Waals surface area contributed by atoms with E-state index in [1.165, 1.54) is 5.56 Å². The van der Waals surface area contributed by atoms with Crippen molar-refractivity contribution in [3.8, 4) is 0 Å². The van der Waals surface area contributed by atoms with Crippen molar-refractivity contribution in [1.82, 2.24) is 30.3 Å². The number of nitrogens with zero attached hydrogens (tertiary/aromatic N) is 4. The molecule has 1 aliphatic heterocycles. The first-order valence-corrected chi connectivity index (χ1v) is 8.42. The summed E-state index contributed by atoms with van der Waals surface area (Å²) in [5.74, 6) is 0.768. The van der Waals surface area contributed by atoms with Crippen molar-refractivity contribution in [2.75, 3.05) is 13.1 Å². The van der Waals surface area contributed by atoms with Gasteiger partial charge in [-0.3, -0.25) is 4.90 Å². The van der Waals surface area contributed by atoms with Crippen molar-refractivity contribution in [2.24, 2.45) is 0 Å². The average molecular weight is 328 g/mol. The molecule has 2 N–H and O–H groups in total. The number of carbonyl (C=O) groups is 1. The van der Waals surface area contributed by atoms with Crippen molar-refractivity contribution >= 4 is 6.03 Å². The molecule has 2 heterocycles. The first-order valence-electron chi connectivity index (χ1n) is 8.42. The van der Waals surface area contributed by atoms with Gasteiger partial charge in [0.1, 0.15) is 6.33 Å². The molecule has 24 heavy (non-hydrogen) atoms. The second-order valence-electron chi connectivity index (χ2n) is 6.07. The summed E-state index contributed by atoms with van der Waals surface area (Å²) >= 11 is 0. The molecule has 1 aromatic heterocycles. The Morgan fingerprint density at radius 1 is 1.33 bits per heavy atom. The number of urea groups is 1. The van der Waals surface area contributed by atoms with Crippen LogP contribution in [-0.2, 0) is 19.6 Å². The number of benzene rings is 1. The van der Waals surface area contributed by atoms with Gasteiger partial charge in [-0.05, 0) is 18.9 Å². The molecule has 3 rings (SSSR count). The lowest BCUT2D eigenvalue weighted by Gasteiger charge is -2.17. The molecule has 2 aromatic rings. The Labute approximate surface area is 142 Å². The summed E-state index contributed by atoms with van der Waals surface area (Å²) in [5, 5.41) is 13.8. The molecule has 1 aliphatic rings. The summed E-state index contributed by atoms with van der Waals surface area (Å²) in [6, 6.07) is 10.5. The lowest BCUT2D eigenvalue weighted by Crippen LogP contribution is -2.43. The molecule has 0 unspecified atom stereocenters. The van der Waals surface area contributed by atoms with Gasteiger partial charge in [0.05, 0.1) is 6.54 Å². The van der Waals surface area contributed by atoms with Crippen molar-refractivity contribution in [3.05, 3.63) is 48.0 Å². The minimum Gasteiger partial charge on any atom is -0.334 e. The monoisotopic (exact) mass is 328 g/mol. The smallest absolute Gasteiger partial charge is 0.315 e. The van der Waals surface area contributed by atoms with Gasteiger partial charge in [0.2, 0.25) is 0 Å².